The summed E-state index contributed by atoms with van der Waals surface area (Å²) in [5.41, 5.74) is 2.49. The van der Waals surface area contributed by atoms with Crippen LogP contribution in [0.1, 0.15) is 12.0 Å². The number of nitrogens with one attached hydrogen (secondary N) is 1. The Labute approximate surface area is 181 Å². The predicted molar refractivity (Wildman–Crippen MR) is 124 cm³/mol. The normalized spacial score (nSPS) is 15.1. The number of rotatable bonds is 7. The van der Waals surface area contributed by atoms with Crippen molar-refractivity contribution in [3.8, 4) is 5.75 Å². The van der Waals surface area contributed by atoms with E-state index >= 15 is 0 Å². The molecule has 0 fully saturated rings. The topological polar surface area (TPSA) is 63.2 Å². The van der Waals surface area contributed by atoms with Gasteiger partial charge in [0.15, 0.2) is 6.10 Å². The van der Waals surface area contributed by atoms with Gasteiger partial charge in [-0.1, -0.05) is 59.8 Å². The zero-order valence-electron chi connectivity index (χ0n) is 17.5. The number of carbonyl (C=O) groups excluding carboxylic acids is 1. The second kappa shape index (κ2) is 9.34. The third-order valence-corrected chi connectivity index (χ3v) is 5.24. The van der Waals surface area contributed by atoms with Gasteiger partial charge in [-0.05, 0) is 23.6 Å². The minimum atomic E-state index is -0.238. The van der Waals surface area contributed by atoms with Crippen molar-refractivity contribution in [2.45, 2.75) is 12.5 Å². The van der Waals surface area contributed by atoms with Crippen LogP contribution in [-0.2, 0) is 4.84 Å². The van der Waals surface area contributed by atoms with Crippen molar-refractivity contribution in [3.63, 3.8) is 0 Å². The van der Waals surface area contributed by atoms with Gasteiger partial charge in [0.2, 0.25) is 0 Å². The highest BCUT2D eigenvalue weighted by Gasteiger charge is 2.27. The molecule has 1 heterocycles. The van der Waals surface area contributed by atoms with Crippen molar-refractivity contribution < 1.29 is 14.4 Å². The van der Waals surface area contributed by atoms with Crippen molar-refractivity contribution >= 4 is 28.2 Å². The zero-order chi connectivity index (χ0) is 21.6. The van der Waals surface area contributed by atoms with E-state index in [0.29, 0.717) is 19.5 Å². The second-order valence-corrected chi connectivity index (χ2v) is 7.32. The maximum Gasteiger partial charge on any atom is 0.322 e. The van der Waals surface area contributed by atoms with E-state index in [1.54, 1.807) is 18.1 Å². The Hall–Kier alpha value is -3.80. The lowest BCUT2D eigenvalue weighted by Gasteiger charge is -2.24. The van der Waals surface area contributed by atoms with Crippen molar-refractivity contribution in [2.24, 2.45) is 5.16 Å². The fourth-order valence-electron chi connectivity index (χ4n) is 3.74. The molecule has 31 heavy (non-hydrogen) atoms. The number of nitrogens with zero attached hydrogens (tertiary/aromatic N) is 2. The standard InChI is InChI=1S/C25H25N3O3/c1-3-15-28(25(29)26-22-13-8-10-18-9-4-5-11-20(18)22)17-19-16-23(27-31-19)21-12-6-7-14-24(21)30-2/h3-14,19H,1,15-17H2,2H3,(H,26,29). The Balaban J connectivity index is 1.45. The van der Waals surface area contributed by atoms with E-state index in [9.17, 15) is 4.79 Å². The fourth-order valence-corrected chi connectivity index (χ4v) is 3.74. The Bertz CT molecular complexity index is 1120. The number of fused-ring (bicyclic) bond motifs is 1. The number of oxime groups is 1. The summed E-state index contributed by atoms with van der Waals surface area (Å²) < 4.78 is 5.43. The van der Waals surface area contributed by atoms with Crippen molar-refractivity contribution in [1.82, 2.24) is 4.90 Å². The first-order chi connectivity index (χ1) is 15.2. The van der Waals surface area contributed by atoms with Crippen molar-refractivity contribution in [3.05, 3.63) is 84.9 Å². The second-order valence-electron chi connectivity index (χ2n) is 7.32. The van der Waals surface area contributed by atoms with Gasteiger partial charge in [0.25, 0.3) is 0 Å². The summed E-state index contributed by atoms with van der Waals surface area (Å²) in [5, 5.41) is 9.35. The lowest BCUT2D eigenvalue weighted by molar-refractivity contribution is 0.0645. The lowest BCUT2D eigenvalue weighted by atomic mass is 10.0. The van der Waals surface area contributed by atoms with Crippen LogP contribution in [0.25, 0.3) is 10.8 Å². The summed E-state index contributed by atoms with van der Waals surface area (Å²) in [6.45, 7) is 4.59. The maximum atomic E-state index is 13.0. The number of hydrogen-bond acceptors (Lipinski definition) is 4. The summed E-state index contributed by atoms with van der Waals surface area (Å²) in [7, 11) is 1.64. The molecule has 1 unspecified atom stereocenters. The highest BCUT2D eigenvalue weighted by Crippen LogP contribution is 2.26. The van der Waals surface area contributed by atoms with Crippen LogP contribution in [0.5, 0.6) is 5.75 Å². The molecule has 1 aliphatic heterocycles. The van der Waals surface area contributed by atoms with Crippen LogP contribution >= 0.6 is 0 Å². The predicted octanol–water partition coefficient (Wildman–Crippen LogP) is 5.06. The van der Waals surface area contributed by atoms with Gasteiger partial charge in [0.1, 0.15) is 5.75 Å². The van der Waals surface area contributed by atoms with Gasteiger partial charge < -0.3 is 19.8 Å². The molecule has 1 N–H and O–H groups in total. The number of ether oxygens (including phenoxy) is 1. The Morgan fingerprint density at radius 2 is 1.97 bits per heavy atom. The van der Waals surface area contributed by atoms with E-state index in [1.165, 1.54) is 0 Å². The molecule has 0 radical (unpaired) electrons. The number of para-hydroxylation sites is 1. The first kappa shape index (κ1) is 20.5. The molecule has 0 saturated heterocycles. The number of anilines is 1. The van der Waals surface area contributed by atoms with Crippen molar-refractivity contribution in [2.75, 3.05) is 25.5 Å². The van der Waals surface area contributed by atoms with Crippen LogP contribution in [0.15, 0.2) is 84.5 Å². The monoisotopic (exact) mass is 415 g/mol. The molecule has 0 aromatic heterocycles. The van der Waals surface area contributed by atoms with E-state index < -0.39 is 0 Å². The fraction of sp³-hybridized carbons (Fsp3) is 0.200. The lowest BCUT2D eigenvalue weighted by Crippen LogP contribution is -2.40. The van der Waals surface area contributed by atoms with Crippen LogP contribution in [0.4, 0.5) is 10.5 Å². The Morgan fingerprint density at radius 3 is 2.81 bits per heavy atom. The summed E-state index contributed by atoms with van der Waals surface area (Å²) in [6.07, 6.45) is 2.06. The van der Waals surface area contributed by atoms with E-state index in [-0.39, 0.29) is 12.1 Å². The number of urea groups is 1. The van der Waals surface area contributed by atoms with Crippen LogP contribution in [0.2, 0.25) is 0 Å². The van der Waals surface area contributed by atoms with E-state index in [1.807, 2.05) is 66.7 Å². The molecule has 0 aliphatic carbocycles. The Morgan fingerprint density at radius 1 is 1.19 bits per heavy atom. The summed E-state index contributed by atoms with van der Waals surface area (Å²) >= 11 is 0. The molecule has 0 bridgehead atoms. The van der Waals surface area contributed by atoms with Gasteiger partial charge in [-0.2, -0.15) is 0 Å². The summed E-state index contributed by atoms with van der Waals surface area (Å²) in [6, 6.07) is 21.3. The molecule has 0 spiro atoms. The number of benzene rings is 3. The van der Waals surface area contributed by atoms with Gasteiger partial charge in [-0.15, -0.1) is 6.58 Å². The van der Waals surface area contributed by atoms with Crippen LogP contribution in [-0.4, -0.2) is 42.9 Å². The van der Waals surface area contributed by atoms with E-state index in [0.717, 1.165) is 33.5 Å². The van der Waals surface area contributed by atoms with Crippen LogP contribution in [0.3, 0.4) is 0 Å². The zero-order valence-corrected chi connectivity index (χ0v) is 17.5. The van der Waals surface area contributed by atoms with E-state index in [2.05, 4.69) is 17.1 Å². The number of carbonyl (C=O) groups is 1. The number of hydrogen-bond donors (Lipinski definition) is 1. The Kier molecular flexibility index (Phi) is 6.17. The number of amides is 2. The average Bonchev–Trinajstić information content (AvgIpc) is 3.27. The smallest absolute Gasteiger partial charge is 0.322 e. The third-order valence-electron chi connectivity index (χ3n) is 5.24. The SMILES string of the molecule is C=CCN(CC1CC(c2ccccc2OC)=NO1)C(=O)Nc1cccc2ccccc12. The van der Waals surface area contributed by atoms with Crippen molar-refractivity contribution in [1.29, 1.82) is 0 Å². The molecule has 0 saturated carbocycles. The minimum absolute atomic E-state index is 0.203. The first-order valence-corrected chi connectivity index (χ1v) is 10.2. The van der Waals surface area contributed by atoms with Gasteiger partial charge in [0, 0.05) is 23.9 Å². The molecule has 1 aliphatic rings. The molecule has 3 aromatic rings. The van der Waals surface area contributed by atoms with Gasteiger partial charge in [-0.3, -0.25) is 0 Å². The van der Waals surface area contributed by atoms with Gasteiger partial charge >= 0.3 is 6.03 Å². The van der Waals surface area contributed by atoms with Crippen LogP contribution in [0, 0.1) is 0 Å². The maximum absolute atomic E-state index is 13.0. The highest BCUT2D eigenvalue weighted by molar-refractivity contribution is 6.04. The molecule has 6 nitrogen and oxygen atoms in total. The van der Waals surface area contributed by atoms with Gasteiger partial charge in [0.05, 0.1) is 25.1 Å². The molecule has 6 heteroatoms. The third kappa shape index (κ3) is 4.53. The quantitative estimate of drug-likeness (QED) is 0.549. The van der Waals surface area contributed by atoms with Crippen LogP contribution < -0.4 is 10.1 Å². The summed E-state index contributed by atoms with van der Waals surface area (Å²) in [4.78, 5) is 20.4. The molecule has 3 aromatic carbocycles. The molecular weight excluding hydrogens is 390 g/mol. The highest BCUT2D eigenvalue weighted by atomic mass is 16.6. The largest absolute Gasteiger partial charge is 0.496 e. The summed E-state index contributed by atoms with van der Waals surface area (Å²) in [5.74, 6) is 0.752. The molecule has 2 amide bonds. The van der Waals surface area contributed by atoms with Gasteiger partial charge in [-0.25, -0.2) is 4.79 Å². The molecular formula is C25H25N3O3. The molecule has 158 valence electrons. The molecule has 4 rings (SSSR count). The number of methoxy groups -OCH3 is 1. The average molecular weight is 415 g/mol. The molecule has 1 atom stereocenters. The minimum Gasteiger partial charge on any atom is -0.496 e. The first-order valence-electron chi connectivity index (χ1n) is 10.2. The van der Waals surface area contributed by atoms with E-state index in [4.69, 9.17) is 9.57 Å².